The van der Waals surface area contributed by atoms with E-state index in [9.17, 15) is 0 Å². The average Bonchev–Trinajstić information content (AvgIpc) is 3.11. The van der Waals surface area contributed by atoms with Crippen LogP contribution in [0.15, 0.2) is 31.0 Å². The second-order valence-corrected chi connectivity index (χ2v) is 6.67. The van der Waals surface area contributed by atoms with Crippen LogP contribution in [0, 0.1) is 0 Å². The van der Waals surface area contributed by atoms with Crippen molar-refractivity contribution in [1.82, 2.24) is 29.5 Å². The molecule has 0 saturated carbocycles. The summed E-state index contributed by atoms with van der Waals surface area (Å²) < 4.78 is 1.84. The van der Waals surface area contributed by atoms with Crippen LogP contribution in [0.25, 0.3) is 5.78 Å². The molecule has 1 aliphatic heterocycles. The van der Waals surface area contributed by atoms with Crippen molar-refractivity contribution >= 4 is 17.4 Å². The van der Waals surface area contributed by atoms with E-state index in [1.165, 1.54) is 0 Å². The predicted octanol–water partition coefficient (Wildman–Crippen LogP) is 2.12. The maximum Gasteiger partial charge on any atom is 0.254 e. The highest BCUT2D eigenvalue weighted by Crippen LogP contribution is 2.24. The van der Waals surface area contributed by atoms with Gasteiger partial charge in [0.15, 0.2) is 0 Å². The van der Waals surface area contributed by atoms with Crippen LogP contribution >= 0.6 is 0 Å². The lowest BCUT2D eigenvalue weighted by Gasteiger charge is -2.34. The fourth-order valence-electron chi connectivity index (χ4n) is 3.17. The Labute approximate surface area is 146 Å². The van der Waals surface area contributed by atoms with E-state index in [4.69, 9.17) is 0 Å². The van der Waals surface area contributed by atoms with Gasteiger partial charge in [-0.05, 0) is 24.8 Å². The first-order valence-electron chi connectivity index (χ1n) is 8.69. The van der Waals surface area contributed by atoms with Gasteiger partial charge >= 0.3 is 0 Å². The third kappa shape index (κ3) is 3.24. The summed E-state index contributed by atoms with van der Waals surface area (Å²) in [6, 6.07) is 4.47. The van der Waals surface area contributed by atoms with Gasteiger partial charge in [-0.3, -0.25) is 0 Å². The molecule has 3 aromatic rings. The number of anilines is 2. The van der Waals surface area contributed by atoms with Crippen LogP contribution in [0.3, 0.4) is 0 Å². The topological polar surface area (TPSA) is 84.1 Å². The number of hydrogen-bond acceptors (Lipinski definition) is 7. The SMILES string of the molecule is CC(C)c1cc(N2CCC(Nc3ccncn3)CC2)n2ncnc2n1. The molecule has 0 atom stereocenters. The molecule has 0 radical (unpaired) electrons. The molecule has 130 valence electrons. The predicted molar refractivity (Wildman–Crippen MR) is 95.8 cm³/mol. The highest BCUT2D eigenvalue weighted by atomic mass is 15.4. The number of rotatable bonds is 4. The molecular formula is C17H22N8. The monoisotopic (exact) mass is 338 g/mol. The number of aromatic nitrogens is 6. The van der Waals surface area contributed by atoms with E-state index in [1.54, 1.807) is 18.9 Å². The van der Waals surface area contributed by atoms with Crippen LogP contribution in [-0.2, 0) is 0 Å². The highest BCUT2D eigenvalue weighted by molar-refractivity contribution is 5.48. The Bertz CT molecular complexity index is 836. The number of fused-ring (bicyclic) bond motifs is 1. The number of nitrogens with one attached hydrogen (secondary N) is 1. The fourth-order valence-corrected chi connectivity index (χ4v) is 3.17. The van der Waals surface area contributed by atoms with Crippen molar-refractivity contribution in [3.05, 3.63) is 36.7 Å². The Morgan fingerprint density at radius 1 is 1.16 bits per heavy atom. The van der Waals surface area contributed by atoms with E-state index in [0.29, 0.717) is 17.7 Å². The molecule has 1 saturated heterocycles. The Kier molecular flexibility index (Phi) is 4.17. The molecule has 0 amide bonds. The summed E-state index contributed by atoms with van der Waals surface area (Å²) in [6.07, 6.45) is 6.98. The van der Waals surface area contributed by atoms with E-state index in [-0.39, 0.29) is 0 Å². The van der Waals surface area contributed by atoms with Gasteiger partial charge in [-0.15, -0.1) is 0 Å². The van der Waals surface area contributed by atoms with Gasteiger partial charge in [0.2, 0.25) is 0 Å². The summed E-state index contributed by atoms with van der Waals surface area (Å²) in [5.41, 5.74) is 1.05. The van der Waals surface area contributed by atoms with E-state index < -0.39 is 0 Å². The van der Waals surface area contributed by atoms with Crippen LogP contribution in [0.2, 0.25) is 0 Å². The summed E-state index contributed by atoms with van der Waals surface area (Å²) in [5, 5.41) is 7.84. The van der Waals surface area contributed by atoms with Crippen LogP contribution in [0.1, 0.15) is 38.3 Å². The van der Waals surface area contributed by atoms with E-state index in [0.717, 1.165) is 43.3 Å². The van der Waals surface area contributed by atoms with Crippen LogP contribution in [0.4, 0.5) is 11.6 Å². The lowest BCUT2D eigenvalue weighted by atomic mass is 10.0. The summed E-state index contributed by atoms with van der Waals surface area (Å²) in [4.78, 5) is 19.4. The van der Waals surface area contributed by atoms with Crippen molar-refractivity contribution < 1.29 is 0 Å². The molecule has 3 aromatic heterocycles. The zero-order valence-corrected chi connectivity index (χ0v) is 14.5. The number of piperidine rings is 1. The summed E-state index contributed by atoms with van der Waals surface area (Å²) in [7, 11) is 0. The molecule has 0 aliphatic carbocycles. The van der Waals surface area contributed by atoms with E-state index in [2.05, 4.69) is 55.2 Å². The first kappa shape index (κ1) is 15.7. The zero-order valence-electron chi connectivity index (χ0n) is 14.5. The zero-order chi connectivity index (χ0) is 17.2. The molecule has 4 heterocycles. The first-order chi connectivity index (χ1) is 12.2. The maximum absolute atomic E-state index is 4.60. The summed E-state index contributed by atoms with van der Waals surface area (Å²) in [5.74, 6) is 2.99. The van der Waals surface area contributed by atoms with Crippen molar-refractivity contribution in [2.24, 2.45) is 0 Å². The normalized spacial score (nSPS) is 15.9. The molecular weight excluding hydrogens is 316 g/mol. The summed E-state index contributed by atoms with van der Waals surface area (Å²) in [6.45, 7) is 6.21. The Balaban J connectivity index is 1.51. The Morgan fingerprint density at radius 3 is 2.72 bits per heavy atom. The van der Waals surface area contributed by atoms with E-state index >= 15 is 0 Å². The smallest absolute Gasteiger partial charge is 0.254 e. The first-order valence-corrected chi connectivity index (χ1v) is 8.69. The third-order valence-corrected chi connectivity index (χ3v) is 4.60. The standard InChI is InChI=1S/C17H22N8/c1-12(2)14-9-16(25-17(23-14)20-11-21-25)24-7-4-13(5-8-24)22-15-3-6-18-10-19-15/h3,6,9-13H,4-5,7-8H2,1-2H3,(H,18,19,22). The molecule has 25 heavy (non-hydrogen) atoms. The molecule has 8 heteroatoms. The lowest BCUT2D eigenvalue weighted by Crippen LogP contribution is -2.40. The van der Waals surface area contributed by atoms with Crippen LogP contribution < -0.4 is 10.2 Å². The van der Waals surface area contributed by atoms with Gasteiger partial charge in [0.25, 0.3) is 5.78 Å². The average molecular weight is 338 g/mol. The van der Waals surface area contributed by atoms with Gasteiger partial charge in [-0.2, -0.15) is 14.6 Å². The largest absolute Gasteiger partial charge is 0.367 e. The van der Waals surface area contributed by atoms with Crippen LogP contribution in [-0.4, -0.2) is 48.7 Å². The Morgan fingerprint density at radius 2 is 2.00 bits per heavy atom. The van der Waals surface area contributed by atoms with Gasteiger partial charge in [0, 0.05) is 31.4 Å². The van der Waals surface area contributed by atoms with Gasteiger partial charge in [-0.25, -0.2) is 15.0 Å². The van der Waals surface area contributed by atoms with E-state index in [1.807, 2.05) is 10.6 Å². The Hall–Kier alpha value is -2.77. The van der Waals surface area contributed by atoms with Gasteiger partial charge in [-0.1, -0.05) is 13.8 Å². The van der Waals surface area contributed by atoms with Gasteiger partial charge in [0.05, 0.1) is 5.69 Å². The van der Waals surface area contributed by atoms with Crippen molar-refractivity contribution in [2.75, 3.05) is 23.3 Å². The van der Waals surface area contributed by atoms with Crippen molar-refractivity contribution in [3.8, 4) is 0 Å². The van der Waals surface area contributed by atoms with Crippen LogP contribution in [0.5, 0.6) is 0 Å². The highest BCUT2D eigenvalue weighted by Gasteiger charge is 2.22. The minimum atomic E-state index is 0.359. The van der Waals surface area contributed by atoms with Gasteiger partial charge in [0.1, 0.15) is 24.3 Å². The molecule has 0 bridgehead atoms. The second kappa shape index (κ2) is 6.62. The molecule has 8 nitrogen and oxygen atoms in total. The molecule has 4 rings (SSSR count). The minimum Gasteiger partial charge on any atom is -0.367 e. The quantitative estimate of drug-likeness (QED) is 0.780. The molecule has 1 N–H and O–H groups in total. The number of hydrogen-bond donors (Lipinski definition) is 1. The minimum absolute atomic E-state index is 0.359. The van der Waals surface area contributed by atoms with Gasteiger partial charge < -0.3 is 10.2 Å². The van der Waals surface area contributed by atoms with Crippen molar-refractivity contribution in [1.29, 1.82) is 0 Å². The second-order valence-electron chi connectivity index (χ2n) is 6.67. The third-order valence-electron chi connectivity index (χ3n) is 4.60. The van der Waals surface area contributed by atoms with Crippen molar-refractivity contribution in [2.45, 2.75) is 38.6 Å². The lowest BCUT2D eigenvalue weighted by molar-refractivity contribution is 0.518. The number of nitrogens with zero attached hydrogens (tertiary/aromatic N) is 7. The van der Waals surface area contributed by atoms with Crippen molar-refractivity contribution in [3.63, 3.8) is 0 Å². The summed E-state index contributed by atoms with van der Waals surface area (Å²) >= 11 is 0. The molecule has 1 aliphatic rings. The molecule has 0 aromatic carbocycles. The molecule has 1 fully saturated rings. The molecule has 0 unspecified atom stereocenters. The molecule has 0 spiro atoms. The fraction of sp³-hybridized carbons (Fsp3) is 0.471. The maximum atomic E-state index is 4.60.